The highest BCUT2D eigenvalue weighted by Gasteiger charge is 2.01. The van der Waals surface area contributed by atoms with E-state index in [9.17, 15) is 0 Å². The second-order valence-electron chi connectivity index (χ2n) is 4.17. The van der Waals surface area contributed by atoms with Gasteiger partial charge in [-0.3, -0.25) is 0 Å². The Kier molecular flexibility index (Phi) is 4.60. The van der Waals surface area contributed by atoms with Crippen molar-refractivity contribution in [3.05, 3.63) is 30.1 Å². The molecule has 0 saturated heterocycles. The van der Waals surface area contributed by atoms with Gasteiger partial charge >= 0.3 is 0 Å². The van der Waals surface area contributed by atoms with Crippen molar-refractivity contribution in [2.24, 2.45) is 0 Å². The largest absolute Gasteiger partial charge is 0.492 e. The molecule has 0 bridgehead atoms. The van der Waals surface area contributed by atoms with Gasteiger partial charge in [0.25, 0.3) is 0 Å². The number of rotatable bonds is 7. The van der Waals surface area contributed by atoms with E-state index in [1.165, 1.54) is 11.9 Å². The van der Waals surface area contributed by atoms with Crippen molar-refractivity contribution in [1.82, 2.24) is 15.2 Å². The molecule has 0 unspecified atom stereocenters. The molecule has 0 aliphatic heterocycles. The highest BCUT2D eigenvalue weighted by molar-refractivity contribution is 5.54. The van der Waals surface area contributed by atoms with Crippen molar-refractivity contribution in [3.8, 4) is 5.75 Å². The number of nitrogens with zero attached hydrogens (tertiary/aromatic N) is 2. The van der Waals surface area contributed by atoms with Crippen LogP contribution in [-0.4, -0.2) is 28.3 Å². The zero-order valence-electron chi connectivity index (χ0n) is 11.0. The summed E-state index contributed by atoms with van der Waals surface area (Å²) in [5.74, 6) is 1.46. The molecule has 0 fully saturated rings. The SMILES string of the molecule is CCOc1ccc(CCCNc2ncn[nH]2)cc1N. The molecule has 0 saturated carbocycles. The average Bonchev–Trinajstić information content (AvgIpc) is 2.91. The number of nitrogens with two attached hydrogens (primary N) is 1. The molecule has 2 rings (SSSR count). The lowest BCUT2D eigenvalue weighted by Gasteiger charge is -2.09. The molecule has 0 atom stereocenters. The first-order chi connectivity index (χ1) is 9.29. The van der Waals surface area contributed by atoms with Crippen LogP contribution < -0.4 is 15.8 Å². The van der Waals surface area contributed by atoms with Gasteiger partial charge in [-0.05, 0) is 37.5 Å². The van der Waals surface area contributed by atoms with E-state index in [1.54, 1.807) is 0 Å². The molecule has 1 aromatic heterocycles. The fraction of sp³-hybridized carbons (Fsp3) is 0.385. The number of benzene rings is 1. The van der Waals surface area contributed by atoms with Gasteiger partial charge in [0.1, 0.15) is 12.1 Å². The van der Waals surface area contributed by atoms with Crippen molar-refractivity contribution < 1.29 is 4.74 Å². The molecule has 102 valence electrons. The first-order valence-electron chi connectivity index (χ1n) is 6.40. The van der Waals surface area contributed by atoms with Crippen molar-refractivity contribution >= 4 is 11.6 Å². The number of hydrogen-bond donors (Lipinski definition) is 3. The third-order valence-electron chi connectivity index (χ3n) is 2.72. The molecule has 0 amide bonds. The number of anilines is 2. The maximum atomic E-state index is 5.92. The maximum Gasteiger partial charge on any atom is 0.218 e. The molecule has 0 aliphatic rings. The van der Waals surface area contributed by atoms with Crippen LogP contribution in [0.2, 0.25) is 0 Å². The summed E-state index contributed by atoms with van der Waals surface area (Å²) < 4.78 is 5.41. The summed E-state index contributed by atoms with van der Waals surface area (Å²) in [4.78, 5) is 3.99. The molecule has 0 spiro atoms. The van der Waals surface area contributed by atoms with Gasteiger partial charge in [0, 0.05) is 6.54 Å². The average molecular weight is 261 g/mol. The molecule has 2 aromatic rings. The van der Waals surface area contributed by atoms with E-state index in [0.717, 1.165) is 25.1 Å². The Hall–Kier alpha value is -2.24. The molecule has 1 heterocycles. The minimum absolute atomic E-state index is 0.630. The van der Waals surface area contributed by atoms with Crippen molar-refractivity contribution in [1.29, 1.82) is 0 Å². The third kappa shape index (κ3) is 3.87. The Morgan fingerprint density at radius 1 is 1.42 bits per heavy atom. The summed E-state index contributed by atoms with van der Waals surface area (Å²) >= 11 is 0. The first-order valence-corrected chi connectivity index (χ1v) is 6.40. The van der Waals surface area contributed by atoms with E-state index in [1.807, 2.05) is 19.1 Å². The van der Waals surface area contributed by atoms with Gasteiger partial charge in [-0.2, -0.15) is 5.10 Å². The van der Waals surface area contributed by atoms with Crippen LogP contribution in [0.1, 0.15) is 18.9 Å². The van der Waals surface area contributed by atoms with Gasteiger partial charge in [-0.15, -0.1) is 0 Å². The zero-order chi connectivity index (χ0) is 13.5. The minimum Gasteiger partial charge on any atom is -0.492 e. The van der Waals surface area contributed by atoms with E-state index in [4.69, 9.17) is 10.5 Å². The molecule has 6 heteroatoms. The van der Waals surface area contributed by atoms with Gasteiger partial charge in [-0.25, -0.2) is 10.1 Å². The fourth-order valence-electron chi connectivity index (χ4n) is 1.83. The Bertz CT molecular complexity index is 498. The second-order valence-corrected chi connectivity index (χ2v) is 4.17. The van der Waals surface area contributed by atoms with Crippen LogP contribution in [0, 0.1) is 0 Å². The van der Waals surface area contributed by atoms with Crippen LogP contribution in [0.15, 0.2) is 24.5 Å². The maximum absolute atomic E-state index is 5.92. The predicted octanol–water partition coefficient (Wildman–Crippen LogP) is 1.83. The fourth-order valence-corrected chi connectivity index (χ4v) is 1.83. The highest BCUT2D eigenvalue weighted by atomic mass is 16.5. The predicted molar refractivity (Wildman–Crippen MR) is 75.2 cm³/mol. The van der Waals surface area contributed by atoms with E-state index >= 15 is 0 Å². The number of nitrogen functional groups attached to an aromatic ring is 1. The van der Waals surface area contributed by atoms with Gasteiger partial charge in [0.15, 0.2) is 0 Å². The summed E-state index contributed by atoms with van der Waals surface area (Å²) in [5.41, 5.74) is 7.83. The quantitative estimate of drug-likeness (QED) is 0.522. The molecule has 0 radical (unpaired) electrons. The Morgan fingerprint density at radius 2 is 2.32 bits per heavy atom. The molecule has 4 N–H and O–H groups in total. The standard InChI is InChI=1S/C13H19N5O/c1-2-19-12-6-5-10(8-11(12)14)4-3-7-15-13-16-9-17-18-13/h5-6,8-9H,2-4,7,14H2,1H3,(H2,15,16,17,18). The number of aromatic nitrogens is 3. The summed E-state index contributed by atoms with van der Waals surface area (Å²) in [6.07, 6.45) is 3.43. The lowest BCUT2D eigenvalue weighted by Crippen LogP contribution is -2.04. The van der Waals surface area contributed by atoms with Crippen LogP contribution in [-0.2, 0) is 6.42 Å². The lowest BCUT2D eigenvalue weighted by atomic mass is 10.1. The Morgan fingerprint density at radius 3 is 3.00 bits per heavy atom. The number of aryl methyl sites for hydroxylation is 1. The molecule has 6 nitrogen and oxygen atoms in total. The Balaban J connectivity index is 1.78. The van der Waals surface area contributed by atoms with Crippen molar-refractivity contribution in [2.75, 3.05) is 24.2 Å². The molecule has 0 aliphatic carbocycles. The van der Waals surface area contributed by atoms with E-state index < -0.39 is 0 Å². The second kappa shape index (κ2) is 6.63. The van der Waals surface area contributed by atoms with Crippen LogP contribution >= 0.6 is 0 Å². The monoisotopic (exact) mass is 261 g/mol. The summed E-state index contributed by atoms with van der Waals surface area (Å²) in [6.45, 7) is 3.41. The molecule has 1 aromatic carbocycles. The number of ether oxygens (including phenoxy) is 1. The van der Waals surface area contributed by atoms with E-state index in [0.29, 0.717) is 18.2 Å². The first kappa shape index (κ1) is 13.2. The summed E-state index contributed by atoms with van der Waals surface area (Å²) in [5, 5.41) is 9.68. The highest BCUT2D eigenvalue weighted by Crippen LogP contribution is 2.23. The summed E-state index contributed by atoms with van der Waals surface area (Å²) in [6, 6.07) is 5.95. The topological polar surface area (TPSA) is 88.8 Å². The number of hydrogen-bond acceptors (Lipinski definition) is 5. The number of aromatic amines is 1. The van der Waals surface area contributed by atoms with Crippen molar-refractivity contribution in [2.45, 2.75) is 19.8 Å². The van der Waals surface area contributed by atoms with Gasteiger partial charge in [0.2, 0.25) is 5.95 Å². The van der Waals surface area contributed by atoms with Crippen molar-refractivity contribution in [3.63, 3.8) is 0 Å². The zero-order valence-corrected chi connectivity index (χ0v) is 11.0. The normalized spacial score (nSPS) is 10.4. The Labute approximate surface area is 112 Å². The van der Waals surface area contributed by atoms with Gasteiger partial charge < -0.3 is 15.8 Å². The molecular formula is C13H19N5O. The number of nitrogens with one attached hydrogen (secondary N) is 2. The summed E-state index contributed by atoms with van der Waals surface area (Å²) in [7, 11) is 0. The molecule has 19 heavy (non-hydrogen) atoms. The van der Waals surface area contributed by atoms with E-state index in [-0.39, 0.29) is 0 Å². The number of H-pyrrole nitrogens is 1. The smallest absolute Gasteiger partial charge is 0.218 e. The van der Waals surface area contributed by atoms with Crippen LogP contribution in [0.5, 0.6) is 5.75 Å². The minimum atomic E-state index is 0.630. The molecular weight excluding hydrogens is 242 g/mol. The van der Waals surface area contributed by atoms with Gasteiger partial charge in [-0.1, -0.05) is 6.07 Å². The van der Waals surface area contributed by atoms with Gasteiger partial charge in [0.05, 0.1) is 12.3 Å². The lowest BCUT2D eigenvalue weighted by molar-refractivity contribution is 0.342. The van der Waals surface area contributed by atoms with Crippen LogP contribution in [0.3, 0.4) is 0 Å². The third-order valence-corrected chi connectivity index (χ3v) is 2.72. The van der Waals surface area contributed by atoms with E-state index in [2.05, 4.69) is 26.6 Å². The van der Waals surface area contributed by atoms with Crippen LogP contribution in [0.4, 0.5) is 11.6 Å². The van der Waals surface area contributed by atoms with Crippen LogP contribution in [0.25, 0.3) is 0 Å².